The second-order valence-electron chi connectivity index (χ2n) is 4.16. The maximum Gasteiger partial charge on any atom is 0.0122 e. The molecule has 0 aromatic carbocycles. The van der Waals surface area contributed by atoms with Crippen LogP contribution in [0.25, 0.3) is 0 Å². The molecule has 0 saturated heterocycles. The molecule has 66 valence electrons. The molecule has 0 bridgehead atoms. The van der Waals surface area contributed by atoms with Crippen molar-refractivity contribution in [2.75, 3.05) is 0 Å². The summed E-state index contributed by atoms with van der Waals surface area (Å²) < 4.78 is 0. The maximum atomic E-state index is 7.76. The van der Waals surface area contributed by atoms with Gasteiger partial charge < -0.3 is 5.41 Å². The third-order valence-electron chi connectivity index (χ3n) is 2.18. The molecule has 0 saturated carbocycles. The van der Waals surface area contributed by atoms with Crippen LogP contribution in [0.4, 0.5) is 0 Å². The van der Waals surface area contributed by atoms with Gasteiger partial charge in [-0.15, -0.1) is 0 Å². The molecule has 1 N–H and O–H groups in total. The lowest BCUT2D eigenvalue weighted by molar-refractivity contribution is 0.511. The molecule has 0 fully saturated rings. The lowest BCUT2D eigenvalue weighted by Gasteiger charge is -2.17. The van der Waals surface area contributed by atoms with Crippen molar-refractivity contribution in [3.8, 4) is 0 Å². The molecule has 0 amide bonds. The highest BCUT2D eigenvalue weighted by atomic mass is 14.4. The van der Waals surface area contributed by atoms with E-state index < -0.39 is 0 Å². The zero-order chi connectivity index (χ0) is 9.02. The van der Waals surface area contributed by atoms with Crippen LogP contribution in [-0.2, 0) is 0 Å². The van der Waals surface area contributed by atoms with Crippen molar-refractivity contribution in [1.82, 2.24) is 0 Å². The Kier molecular flexibility index (Phi) is 4.39. The third kappa shape index (κ3) is 4.18. The molecule has 0 aromatic rings. The van der Waals surface area contributed by atoms with Crippen LogP contribution in [-0.4, -0.2) is 5.71 Å². The van der Waals surface area contributed by atoms with Crippen LogP contribution in [0.5, 0.6) is 0 Å². The van der Waals surface area contributed by atoms with Crippen LogP contribution in [0.2, 0.25) is 0 Å². The van der Waals surface area contributed by atoms with Crippen LogP contribution in [0.3, 0.4) is 0 Å². The van der Waals surface area contributed by atoms with Crippen molar-refractivity contribution in [2.24, 2.45) is 17.8 Å². The first-order valence-electron chi connectivity index (χ1n) is 4.52. The Balaban J connectivity index is 3.83. The van der Waals surface area contributed by atoms with Gasteiger partial charge in [0.1, 0.15) is 0 Å². The van der Waals surface area contributed by atoms with Gasteiger partial charge in [-0.25, -0.2) is 0 Å². The Morgan fingerprint density at radius 2 is 1.55 bits per heavy atom. The second kappa shape index (κ2) is 4.53. The largest absolute Gasteiger partial charge is 0.309 e. The van der Waals surface area contributed by atoms with Crippen LogP contribution in [0, 0.1) is 23.2 Å². The fourth-order valence-electron chi connectivity index (χ4n) is 1.03. The van der Waals surface area contributed by atoms with Gasteiger partial charge in [0.05, 0.1) is 0 Å². The molecule has 0 spiro atoms. The zero-order valence-corrected chi connectivity index (χ0v) is 8.44. The van der Waals surface area contributed by atoms with E-state index in [-0.39, 0.29) is 0 Å². The molecule has 0 radical (unpaired) electrons. The fourth-order valence-corrected chi connectivity index (χ4v) is 1.03. The van der Waals surface area contributed by atoms with E-state index in [1.165, 1.54) is 0 Å². The molecule has 0 aliphatic carbocycles. The number of hydrogen-bond donors (Lipinski definition) is 1. The van der Waals surface area contributed by atoms with Crippen molar-refractivity contribution in [3.63, 3.8) is 0 Å². The molecular weight excluding hydrogens is 134 g/mol. The van der Waals surface area contributed by atoms with Crippen LogP contribution in [0.1, 0.15) is 41.0 Å². The molecule has 1 atom stereocenters. The Hall–Kier alpha value is -0.330. The summed E-state index contributed by atoms with van der Waals surface area (Å²) in [6.45, 7) is 10.8. The molecule has 1 unspecified atom stereocenters. The summed E-state index contributed by atoms with van der Waals surface area (Å²) in [5.74, 6) is 1.70. The van der Waals surface area contributed by atoms with E-state index in [0.29, 0.717) is 17.8 Å². The smallest absolute Gasteiger partial charge is 0.0122 e. The van der Waals surface area contributed by atoms with E-state index >= 15 is 0 Å². The summed E-state index contributed by atoms with van der Waals surface area (Å²) in [5, 5.41) is 7.76. The van der Waals surface area contributed by atoms with Gasteiger partial charge in [0.25, 0.3) is 0 Å². The van der Waals surface area contributed by atoms with E-state index in [2.05, 4.69) is 34.6 Å². The highest BCUT2D eigenvalue weighted by molar-refractivity contribution is 5.83. The number of hydrogen-bond acceptors (Lipinski definition) is 1. The Morgan fingerprint density at radius 1 is 1.09 bits per heavy atom. The van der Waals surface area contributed by atoms with Gasteiger partial charge in [-0.2, -0.15) is 0 Å². The molecule has 1 heteroatoms. The molecule has 1 nitrogen and oxygen atoms in total. The summed E-state index contributed by atoms with van der Waals surface area (Å²) >= 11 is 0. The lowest BCUT2D eigenvalue weighted by Crippen LogP contribution is -2.17. The normalized spacial score (nSPS) is 14.1. The van der Waals surface area contributed by atoms with E-state index in [4.69, 9.17) is 5.41 Å². The Bertz CT molecular complexity index is 125. The van der Waals surface area contributed by atoms with Crippen molar-refractivity contribution in [3.05, 3.63) is 0 Å². The molecular formula is C10H21N. The van der Waals surface area contributed by atoms with Gasteiger partial charge in [0.15, 0.2) is 0 Å². The summed E-state index contributed by atoms with van der Waals surface area (Å²) in [4.78, 5) is 0. The summed E-state index contributed by atoms with van der Waals surface area (Å²) in [7, 11) is 0. The first-order chi connectivity index (χ1) is 4.95. The Labute approximate surface area is 70.7 Å². The van der Waals surface area contributed by atoms with E-state index in [9.17, 15) is 0 Å². The second-order valence-corrected chi connectivity index (χ2v) is 4.16. The van der Waals surface area contributed by atoms with Crippen LogP contribution < -0.4 is 0 Å². The molecule has 0 rings (SSSR count). The quantitative estimate of drug-likeness (QED) is 0.602. The predicted octanol–water partition coefficient (Wildman–Crippen LogP) is 3.34. The lowest BCUT2D eigenvalue weighted by atomic mass is 9.89. The van der Waals surface area contributed by atoms with Crippen molar-refractivity contribution >= 4 is 5.71 Å². The van der Waals surface area contributed by atoms with E-state index in [1.54, 1.807) is 0 Å². The molecule has 0 aromatic heterocycles. The topological polar surface area (TPSA) is 23.9 Å². The number of rotatable bonds is 4. The van der Waals surface area contributed by atoms with Gasteiger partial charge in [-0.3, -0.25) is 0 Å². The summed E-state index contributed by atoms with van der Waals surface area (Å²) in [6.07, 6.45) is 0.958. The third-order valence-corrected chi connectivity index (χ3v) is 2.18. The first-order valence-corrected chi connectivity index (χ1v) is 4.52. The maximum absolute atomic E-state index is 7.76. The molecule has 11 heavy (non-hydrogen) atoms. The highest BCUT2D eigenvalue weighted by Crippen LogP contribution is 2.15. The van der Waals surface area contributed by atoms with Gasteiger partial charge in [0.2, 0.25) is 0 Å². The van der Waals surface area contributed by atoms with Gasteiger partial charge >= 0.3 is 0 Å². The molecule has 0 heterocycles. The van der Waals surface area contributed by atoms with Gasteiger partial charge in [-0.05, 0) is 24.2 Å². The van der Waals surface area contributed by atoms with Crippen molar-refractivity contribution < 1.29 is 0 Å². The van der Waals surface area contributed by atoms with Crippen molar-refractivity contribution in [1.29, 1.82) is 5.41 Å². The zero-order valence-electron chi connectivity index (χ0n) is 8.44. The number of nitrogens with one attached hydrogen (secondary N) is 1. The minimum atomic E-state index is 0.456. The summed E-state index contributed by atoms with van der Waals surface area (Å²) in [6, 6.07) is 0. The standard InChI is InChI=1S/C10H21N/c1-7(2)6-10(11)9(5)8(3)4/h7-9,11H,6H2,1-5H3. The molecule has 0 aliphatic heterocycles. The van der Waals surface area contributed by atoms with Crippen LogP contribution in [0.15, 0.2) is 0 Å². The Morgan fingerprint density at radius 3 is 1.82 bits per heavy atom. The monoisotopic (exact) mass is 155 g/mol. The van der Waals surface area contributed by atoms with Crippen LogP contribution >= 0.6 is 0 Å². The average Bonchev–Trinajstić information content (AvgIpc) is 1.84. The van der Waals surface area contributed by atoms with E-state index in [0.717, 1.165) is 12.1 Å². The average molecular weight is 155 g/mol. The van der Waals surface area contributed by atoms with Gasteiger partial charge in [-0.1, -0.05) is 34.6 Å². The highest BCUT2D eigenvalue weighted by Gasteiger charge is 2.13. The fraction of sp³-hybridized carbons (Fsp3) is 0.900. The minimum absolute atomic E-state index is 0.456. The first kappa shape index (κ1) is 10.7. The van der Waals surface area contributed by atoms with E-state index in [1.807, 2.05) is 0 Å². The van der Waals surface area contributed by atoms with Gasteiger partial charge in [0, 0.05) is 5.71 Å². The minimum Gasteiger partial charge on any atom is -0.309 e. The SMILES string of the molecule is CC(C)CC(=N)C(C)C(C)C. The molecule has 0 aliphatic rings. The predicted molar refractivity (Wildman–Crippen MR) is 51.2 cm³/mol. The summed E-state index contributed by atoms with van der Waals surface area (Å²) in [5.41, 5.74) is 0.912. The van der Waals surface area contributed by atoms with Crippen molar-refractivity contribution in [2.45, 2.75) is 41.0 Å².